The molecule has 2 aromatic heterocycles. The maximum Gasteiger partial charge on any atom is 0.230 e. The molecule has 0 saturated heterocycles. The third kappa shape index (κ3) is 5.50. The molecule has 0 aliphatic carbocycles. The van der Waals surface area contributed by atoms with E-state index in [0.29, 0.717) is 18.1 Å². The summed E-state index contributed by atoms with van der Waals surface area (Å²) in [6.45, 7) is 0.441. The van der Waals surface area contributed by atoms with E-state index in [1.54, 1.807) is 14.2 Å². The number of benzene rings is 2. The van der Waals surface area contributed by atoms with Gasteiger partial charge in [0.1, 0.15) is 22.1 Å². The van der Waals surface area contributed by atoms with Crippen molar-refractivity contribution >= 4 is 39.2 Å². The minimum absolute atomic E-state index is 0.0829. The second-order valence-corrected chi connectivity index (χ2v) is 8.48. The van der Waals surface area contributed by atoms with Crippen LogP contribution in [0.5, 0.6) is 11.5 Å². The molecule has 0 saturated carbocycles. The average molecular weight is 465 g/mol. The lowest BCUT2D eigenvalue weighted by molar-refractivity contribution is -0.120. The Bertz CT molecular complexity index is 1260. The van der Waals surface area contributed by atoms with Crippen LogP contribution < -0.4 is 20.1 Å². The largest absolute Gasteiger partial charge is 0.497 e. The van der Waals surface area contributed by atoms with Crippen LogP contribution in [0.15, 0.2) is 54.6 Å². The maximum absolute atomic E-state index is 12.6. The summed E-state index contributed by atoms with van der Waals surface area (Å²) in [4.78, 5) is 26.6. The van der Waals surface area contributed by atoms with Gasteiger partial charge in [-0.2, -0.15) is 5.10 Å². The zero-order valence-electron chi connectivity index (χ0n) is 18.3. The van der Waals surface area contributed by atoms with Crippen LogP contribution in [0, 0.1) is 0 Å². The Kier molecular flexibility index (Phi) is 6.89. The molecule has 8 nitrogen and oxygen atoms in total. The van der Waals surface area contributed by atoms with Crippen LogP contribution in [0.2, 0.25) is 0 Å². The topological polar surface area (TPSA) is 105 Å². The van der Waals surface area contributed by atoms with Crippen LogP contribution in [0.25, 0.3) is 10.2 Å². The molecule has 0 atom stereocenters. The number of para-hydroxylation sites is 1. The van der Waals surface area contributed by atoms with Gasteiger partial charge in [-0.3, -0.25) is 14.7 Å². The summed E-state index contributed by atoms with van der Waals surface area (Å²) in [6, 6.07) is 16.8. The number of aromatic nitrogens is 2. The first-order valence-electron chi connectivity index (χ1n) is 10.3. The molecular weight excluding hydrogens is 440 g/mol. The highest BCUT2D eigenvalue weighted by molar-refractivity contribution is 7.18. The number of fused-ring (bicyclic) bond motifs is 1. The highest BCUT2D eigenvalue weighted by Gasteiger charge is 2.15. The molecule has 0 aliphatic heterocycles. The number of carbonyl (C=O) groups is 2. The van der Waals surface area contributed by atoms with Crippen molar-refractivity contribution in [1.29, 1.82) is 0 Å². The van der Waals surface area contributed by atoms with Gasteiger partial charge in [-0.05, 0) is 29.8 Å². The van der Waals surface area contributed by atoms with Crippen molar-refractivity contribution in [1.82, 2.24) is 15.5 Å². The van der Waals surface area contributed by atoms with Gasteiger partial charge < -0.3 is 20.1 Å². The number of H-pyrrole nitrogens is 1. The van der Waals surface area contributed by atoms with Crippen molar-refractivity contribution in [2.24, 2.45) is 0 Å². The standard InChI is InChI=1S/C24H24N4O4S/c1-31-17-9-7-15(8-10-17)14-25-21(29)13-18-12-19-23(27-28-24(19)33-18)26-22(30)11-16-5-3-4-6-20(16)32-2/h3-10,12H,11,13-14H2,1-2H3,(H,25,29)(H2,26,27,28,30). The summed E-state index contributed by atoms with van der Waals surface area (Å²) < 4.78 is 10.5. The number of amides is 2. The number of nitrogens with one attached hydrogen (secondary N) is 3. The Morgan fingerprint density at radius 3 is 2.55 bits per heavy atom. The normalized spacial score (nSPS) is 10.7. The van der Waals surface area contributed by atoms with Crippen LogP contribution in [0.1, 0.15) is 16.0 Å². The third-order valence-electron chi connectivity index (χ3n) is 5.09. The molecule has 0 bridgehead atoms. The maximum atomic E-state index is 12.6. The van der Waals surface area contributed by atoms with Gasteiger partial charge in [0.25, 0.3) is 0 Å². The molecule has 2 heterocycles. The Morgan fingerprint density at radius 1 is 1.00 bits per heavy atom. The minimum atomic E-state index is -0.185. The zero-order chi connectivity index (χ0) is 23.2. The predicted molar refractivity (Wildman–Crippen MR) is 128 cm³/mol. The molecule has 0 aliphatic rings. The highest BCUT2D eigenvalue weighted by Crippen LogP contribution is 2.30. The first kappa shape index (κ1) is 22.3. The molecule has 0 fully saturated rings. The number of hydrogen-bond donors (Lipinski definition) is 3. The Hall–Kier alpha value is -3.85. The summed E-state index contributed by atoms with van der Waals surface area (Å²) >= 11 is 1.42. The van der Waals surface area contributed by atoms with E-state index in [-0.39, 0.29) is 24.7 Å². The molecule has 33 heavy (non-hydrogen) atoms. The Balaban J connectivity index is 1.35. The van der Waals surface area contributed by atoms with Crippen LogP contribution in [0.4, 0.5) is 5.82 Å². The SMILES string of the molecule is COc1ccc(CNC(=O)Cc2cc3c(NC(=O)Cc4ccccc4OC)[nH]nc3s2)cc1. The van der Waals surface area contributed by atoms with Gasteiger partial charge in [-0.15, -0.1) is 11.3 Å². The van der Waals surface area contributed by atoms with Gasteiger partial charge >= 0.3 is 0 Å². The van der Waals surface area contributed by atoms with Crippen LogP contribution in [0.3, 0.4) is 0 Å². The molecule has 4 rings (SSSR count). The van der Waals surface area contributed by atoms with Gasteiger partial charge in [0.05, 0.1) is 32.4 Å². The highest BCUT2D eigenvalue weighted by atomic mass is 32.1. The number of rotatable bonds is 9. The minimum Gasteiger partial charge on any atom is -0.497 e. The quantitative estimate of drug-likeness (QED) is 0.350. The van der Waals surface area contributed by atoms with E-state index in [0.717, 1.165) is 32.0 Å². The summed E-state index contributed by atoms with van der Waals surface area (Å²) in [5.41, 5.74) is 1.79. The molecule has 9 heteroatoms. The number of carbonyl (C=O) groups excluding carboxylic acids is 2. The summed E-state index contributed by atoms with van der Waals surface area (Å²) in [5.74, 6) is 1.69. The van der Waals surface area contributed by atoms with Crippen LogP contribution >= 0.6 is 11.3 Å². The van der Waals surface area contributed by atoms with Crippen molar-refractivity contribution in [3.63, 3.8) is 0 Å². The van der Waals surface area contributed by atoms with E-state index >= 15 is 0 Å². The van der Waals surface area contributed by atoms with E-state index in [9.17, 15) is 9.59 Å². The second-order valence-electron chi connectivity index (χ2n) is 7.37. The molecule has 170 valence electrons. The molecular formula is C24H24N4O4S. The number of anilines is 1. The van der Waals surface area contributed by atoms with Crippen molar-refractivity contribution in [2.45, 2.75) is 19.4 Å². The molecule has 2 aromatic carbocycles. The molecule has 2 amide bonds. The first-order valence-corrected chi connectivity index (χ1v) is 11.2. The fraction of sp³-hybridized carbons (Fsp3) is 0.208. The van der Waals surface area contributed by atoms with Crippen molar-refractivity contribution in [3.05, 3.63) is 70.6 Å². The predicted octanol–water partition coefficient (Wildman–Crippen LogP) is 3.68. The average Bonchev–Trinajstić information content (AvgIpc) is 3.39. The monoisotopic (exact) mass is 464 g/mol. The van der Waals surface area contributed by atoms with Crippen molar-refractivity contribution < 1.29 is 19.1 Å². The van der Waals surface area contributed by atoms with E-state index in [2.05, 4.69) is 20.8 Å². The summed E-state index contributed by atoms with van der Waals surface area (Å²) in [6.07, 6.45) is 0.418. The number of nitrogens with zero attached hydrogens (tertiary/aromatic N) is 1. The third-order valence-corrected chi connectivity index (χ3v) is 6.12. The number of ether oxygens (including phenoxy) is 2. The zero-order valence-corrected chi connectivity index (χ0v) is 19.1. The fourth-order valence-corrected chi connectivity index (χ4v) is 4.40. The molecule has 4 aromatic rings. The van der Waals surface area contributed by atoms with E-state index in [1.807, 2.05) is 54.6 Å². The fourth-order valence-electron chi connectivity index (χ4n) is 3.41. The summed E-state index contributed by atoms with van der Waals surface area (Å²) in [7, 11) is 3.20. The van der Waals surface area contributed by atoms with Gasteiger partial charge in [0.15, 0.2) is 0 Å². The molecule has 0 radical (unpaired) electrons. The van der Waals surface area contributed by atoms with Gasteiger partial charge in [-0.1, -0.05) is 30.3 Å². The van der Waals surface area contributed by atoms with Gasteiger partial charge in [0, 0.05) is 17.0 Å². The van der Waals surface area contributed by atoms with Crippen molar-refractivity contribution in [3.8, 4) is 11.5 Å². The number of methoxy groups -OCH3 is 2. The van der Waals surface area contributed by atoms with Crippen LogP contribution in [-0.2, 0) is 29.0 Å². The Morgan fingerprint density at radius 2 is 1.79 bits per heavy atom. The lowest BCUT2D eigenvalue weighted by Gasteiger charge is -2.08. The first-order chi connectivity index (χ1) is 16.1. The molecule has 0 unspecified atom stereocenters. The van der Waals surface area contributed by atoms with Gasteiger partial charge in [-0.25, -0.2) is 0 Å². The molecule has 0 spiro atoms. The Labute approximate surface area is 194 Å². The number of aromatic amines is 1. The second kappa shape index (κ2) is 10.2. The van der Waals surface area contributed by atoms with E-state index < -0.39 is 0 Å². The number of thiophene rings is 1. The van der Waals surface area contributed by atoms with Crippen LogP contribution in [-0.4, -0.2) is 36.2 Å². The smallest absolute Gasteiger partial charge is 0.230 e. The van der Waals surface area contributed by atoms with Crippen molar-refractivity contribution in [2.75, 3.05) is 19.5 Å². The van der Waals surface area contributed by atoms with Gasteiger partial charge in [0.2, 0.25) is 11.8 Å². The number of hydrogen-bond acceptors (Lipinski definition) is 6. The van der Waals surface area contributed by atoms with E-state index in [4.69, 9.17) is 9.47 Å². The van der Waals surface area contributed by atoms with E-state index in [1.165, 1.54) is 11.3 Å². The lowest BCUT2D eigenvalue weighted by Crippen LogP contribution is -2.24. The molecule has 3 N–H and O–H groups in total. The lowest BCUT2D eigenvalue weighted by atomic mass is 10.1. The summed E-state index contributed by atoms with van der Waals surface area (Å²) in [5, 5.41) is 13.7.